The minimum absolute atomic E-state index is 0.0185. The van der Waals surface area contributed by atoms with Crippen LogP contribution in [0.5, 0.6) is 0 Å². The van der Waals surface area contributed by atoms with Gasteiger partial charge in [-0.2, -0.15) is 0 Å². The summed E-state index contributed by atoms with van der Waals surface area (Å²) in [6, 6.07) is 0. The van der Waals surface area contributed by atoms with Crippen molar-refractivity contribution in [3.8, 4) is 0 Å². The van der Waals surface area contributed by atoms with Crippen LogP contribution in [0.25, 0.3) is 0 Å². The number of aliphatic hydroxyl groups excluding tert-OH is 1. The Bertz CT molecular complexity index is 517. The van der Waals surface area contributed by atoms with Gasteiger partial charge in [0, 0.05) is 12.5 Å². The molecule has 0 radical (unpaired) electrons. The first kappa shape index (κ1) is 22.2. The summed E-state index contributed by atoms with van der Waals surface area (Å²) >= 11 is 0. The fourth-order valence-electron chi connectivity index (χ4n) is 5.11. The maximum Gasteiger partial charge on any atom is 0.186 e. The minimum Gasteiger partial charge on any atom is -0.366 e. The second-order valence-corrected chi connectivity index (χ2v) is 9.71. The summed E-state index contributed by atoms with van der Waals surface area (Å²) in [6.45, 7) is 9.62. The molecule has 1 N–H and O–H groups in total. The van der Waals surface area contributed by atoms with Gasteiger partial charge in [0.25, 0.3) is 0 Å². The lowest BCUT2D eigenvalue weighted by atomic mass is 9.79. The highest BCUT2D eigenvalue weighted by Gasteiger charge is 2.53. The van der Waals surface area contributed by atoms with Crippen LogP contribution in [0.3, 0.4) is 0 Å². The van der Waals surface area contributed by atoms with Gasteiger partial charge in [-0.25, -0.2) is 4.39 Å². The maximum absolute atomic E-state index is 14.5. The third kappa shape index (κ3) is 4.97. The van der Waals surface area contributed by atoms with E-state index in [0.717, 1.165) is 51.6 Å². The first-order valence-corrected chi connectivity index (χ1v) is 11.3. The average molecular weight is 399 g/mol. The van der Waals surface area contributed by atoms with Crippen LogP contribution in [-0.4, -0.2) is 42.7 Å². The van der Waals surface area contributed by atoms with Crippen LogP contribution in [0.15, 0.2) is 12.2 Å². The molecule has 5 heteroatoms. The van der Waals surface area contributed by atoms with Crippen LogP contribution < -0.4 is 0 Å². The summed E-state index contributed by atoms with van der Waals surface area (Å²) in [5, 5.41) is 9.77. The molecule has 28 heavy (non-hydrogen) atoms. The number of alkyl halides is 1. The number of unbranched alkanes of at least 4 members (excludes halogenated alkanes) is 1. The molecule has 3 fully saturated rings. The van der Waals surface area contributed by atoms with E-state index in [9.17, 15) is 9.50 Å². The Morgan fingerprint density at radius 1 is 1.32 bits per heavy atom. The third-order valence-corrected chi connectivity index (χ3v) is 6.98. The van der Waals surface area contributed by atoms with Gasteiger partial charge in [0.2, 0.25) is 0 Å². The van der Waals surface area contributed by atoms with Gasteiger partial charge in [0.05, 0.1) is 12.2 Å². The summed E-state index contributed by atoms with van der Waals surface area (Å²) in [5.41, 5.74) is -0.0185. The molecule has 8 atom stereocenters. The number of hydrogen-bond acceptors (Lipinski definition) is 4. The molecule has 0 aromatic carbocycles. The van der Waals surface area contributed by atoms with Gasteiger partial charge in [-0.1, -0.05) is 52.7 Å². The van der Waals surface area contributed by atoms with E-state index in [1.165, 1.54) is 0 Å². The van der Waals surface area contributed by atoms with Crippen LogP contribution in [0.1, 0.15) is 72.6 Å². The van der Waals surface area contributed by atoms with E-state index in [2.05, 4.69) is 39.8 Å². The first-order chi connectivity index (χ1) is 13.3. The standard InChI is InChI=1S/C23H39FO4/c1-5-6-12-23(3,4)18(28-19-9-7-8-13-26-19)11-10-16-15(2)14-17-20(16)21(24)22(25)27-17/h10-11,15-22,25H,5-9,12-14H2,1-4H3/t15-,16+,17+,18-,19?,20+,21+,22-/m1/s1. The summed E-state index contributed by atoms with van der Waals surface area (Å²) in [5.74, 6) is 0.145. The van der Waals surface area contributed by atoms with E-state index in [-0.39, 0.29) is 35.7 Å². The van der Waals surface area contributed by atoms with Gasteiger partial charge in [0.1, 0.15) is 0 Å². The van der Waals surface area contributed by atoms with Crippen molar-refractivity contribution in [1.82, 2.24) is 0 Å². The molecule has 0 bridgehead atoms. The highest BCUT2D eigenvalue weighted by Crippen LogP contribution is 2.48. The molecule has 2 aliphatic heterocycles. The van der Waals surface area contributed by atoms with Crippen molar-refractivity contribution in [2.75, 3.05) is 6.61 Å². The Hall–Kier alpha value is -0.490. The molecule has 162 valence electrons. The molecule has 0 aromatic heterocycles. The van der Waals surface area contributed by atoms with Crippen LogP contribution in [0.4, 0.5) is 4.39 Å². The van der Waals surface area contributed by atoms with Gasteiger partial charge < -0.3 is 19.3 Å². The lowest BCUT2D eigenvalue weighted by molar-refractivity contribution is -0.197. The topological polar surface area (TPSA) is 47.9 Å². The number of allylic oxidation sites excluding steroid dienone is 1. The van der Waals surface area contributed by atoms with Gasteiger partial charge in [-0.3, -0.25) is 0 Å². The molecule has 1 aliphatic carbocycles. The van der Waals surface area contributed by atoms with Crippen molar-refractivity contribution in [1.29, 1.82) is 0 Å². The van der Waals surface area contributed by atoms with Crippen LogP contribution in [-0.2, 0) is 14.2 Å². The van der Waals surface area contributed by atoms with Gasteiger partial charge >= 0.3 is 0 Å². The zero-order chi connectivity index (χ0) is 20.3. The zero-order valence-corrected chi connectivity index (χ0v) is 18.0. The predicted octanol–water partition coefficient (Wildman–Crippen LogP) is 5.00. The second kappa shape index (κ2) is 9.55. The van der Waals surface area contributed by atoms with E-state index >= 15 is 0 Å². The maximum atomic E-state index is 14.5. The Morgan fingerprint density at radius 3 is 2.79 bits per heavy atom. The molecule has 3 aliphatic rings. The average Bonchev–Trinajstić information content (AvgIpc) is 3.12. The summed E-state index contributed by atoms with van der Waals surface area (Å²) in [4.78, 5) is 0. The van der Waals surface area contributed by atoms with E-state index in [0.29, 0.717) is 5.92 Å². The third-order valence-electron chi connectivity index (χ3n) is 6.98. The van der Waals surface area contributed by atoms with Gasteiger partial charge in [-0.15, -0.1) is 0 Å². The molecule has 0 aromatic rings. The Labute approximate surface area is 169 Å². The highest BCUT2D eigenvalue weighted by atomic mass is 19.1. The Kier molecular flexibility index (Phi) is 7.57. The molecule has 2 heterocycles. The molecule has 2 saturated heterocycles. The largest absolute Gasteiger partial charge is 0.366 e. The van der Waals surface area contributed by atoms with E-state index < -0.39 is 12.5 Å². The number of fused-ring (bicyclic) bond motifs is 1. The van der Waals surface area contributed by atoms with Crippen molar-refractivity contribution >= 4 is 0 Å². The van der Waals surface area contributed by atoms with E-state index in [1.54, 1.807) is 0 Å². The number of aliphatic hydroxyl groups is 1. The fraction of sp³-hybridized carbons (Fsp3) is 0.913. The normalized spacial score (nSPS) is 40.1. The first-order valence-electron chi connectivity index (χ1n) is 11.3. The van der Waals surface area contributed by atoms with Crippen molar-refractivity contribution in [3.63, 3.8) is 0 Å². The lowest BCUT2D eigenvalue weighted by Crippen LogP contribution is -2.36. The van der Waals surface area contributed by atoms with E-state index in [4.69, 9.17) is 14.2 Å². The molecule has 4 nitrogen and oxygen atoms in total. The smallest absolute Gasteiger partial charge is 0.186 e. The van der Waals surface area contributed by atoms with Crippen molar-refractivity contribution in [2.45, 2.75) is 104 Å². The predicted molar refractivity (Wildman–Crippen MR) is 107 cm³/mol. The minimum atomic E-state index is -1.31. The van der Waals surface area contributed by atoms with E-state index in [1.807, 2.05) is 0 Å². The fourth-order valence-corrected chi connectivity index (χ4v) is 5.11. The molecular formula is C23H39FO4. The van der Waals surface area contributed by atoms with Crippen molar-refractivity contribution in [2.24, 2.45) is 23.2 Å². The molecule has 0 spiro atoms. The Morgan fingerprint density at radius 2 is 2.11 bits per heavy atom. The molecule has 3 rings (SSSR count). The van der Waals surface area contributed by atoms with Crippen molar-refractivity contribution < 1.29 is 23.7 Å². The summed E-state index contributed by atoms with van der Waals surface area (Å²) in [6.07, 6.45) is 8.67. The molecule has 1 unspecified atom stereocenters. The lowest BCUT2D eigenvalue weighted by Gasteiger charge is -2.36. The monoisotopic (exact) mass is 398 g/mol. The van der Waals surface area contributed by atoms with Crippen LogP contribution in [0.2, 0.25) is 0 Å². The number of ether oxygens (including phenoxy) is 3. The quantitative estimate of drug-likeness (QED) is 0.585. The summed E-state index contributed by atoms with van der Waals surface area (Å²) in [7, 11) is 0. The van der Waals surface area contributed by atoms with Gasteiger partial charge in [-0.05, 0) is 49.4 Å². The second-order valence-electron chi connectivity index (χ2n) is 9.71. The molecule has 0 amide bonds. The summed E-state index contributed by atoms with van der Waals surface area (Å²) < 4.78 is 32.2. The number of rotatable bonds is 8. The zero-order valence-electron chi connectivity index (χ0n) is 18.0. The van der Waals surface area contributed by atoms with Crippen molar-refractivity contribution in [3.05, 3.63) is 12.2 Å². The van der Waals surface area contributed by atoms with Gasteiger partial charge in [0.15, 0.2) is 18.8 Å². The number of hydrogen-bond donors (Lipinski definition) is 1. The molecular weight excluding hydrogens is 359 g/mol. The number of halogens is 1. The molecule has 1 saturated carbocycles. The van der Waals surface area contributed by atoms with Crippen LogP contribution in [0, 0.1) is 23.2 Å². The van der Waals surface area contributed by atoms with Crippen LogP contribution >= 0.6 is 0 Å². The SMILES string of the molecule is CCCCC(C)(C)[C@@H](C=C[C@@H]1[C@@H]2[C@H](F)[C@H](O)O[C@H]2C[C@H]1C)OC1CCCCO1. The Balaban J connectivity index is 1.73. The highest BCUT2D eigenvalue weighted by molar-refractivity contribution is 5.09.